The van der Waals surface area contributed by atoms with Crippen LogP contribution in [-0.2, 0) is 4.74 Å². The quantitative estimate of drug-likeness (QED) is 0.699. The van der Waals surface area contributed by atoms with Gasteiger partial charge in [-0.05, 0) is 20.8 Å². The monoisotopic (exact) mass is 251 g/mol. The molecule has 0 radical (unpaired) electrons. The maximum Gasteiger partial charge on any atom is 0.413 e. The SMILES string of the molecule is CC(C)(C)OC(=O)Nc1[nH]c(=O)nc2nc[nH]c12. The molecule has 2 aromatic heterocycles. The Morgan fingerprint density at radius 2 is 2.17 bits per heavy atom. The molecule has 2 rings (SSSR count). The molecule has 96 valence electrons. The second kappa shape index (κ2) is 4.13. The van der Waals surface area contributed by atoms with E-state index in [4.69, 9.17) is 4.74 Å². The number of rotatable bonds is 1. The lowest BCUT2D eigenvalue weighted by Gasteiger charge is -2.19. The standard InChI is InChI=1S/C10H13N5O3/c1-10(2,3)18-9(17)15-7-5-6(12-4-11-5)13-8(16)14-7/h4H,1-3H3,(H3,11,12,13,14,15,16,17). The minimum absolute atomic E-state index is 0.178. The molecule has 0 atom stereocenters. The molecule has 18 heavy (non-hydrogen) atoms. The molecule has 0 aliphatic rings. The summed E-state index contributed by atoms with van der Waals surface area (Å²) in [6.45, 7) is 5.23. The van der Waals surface area contributed by atoms with E-state index < -0.39 is 17.4 Å². The minimum atomic E-state index is -0.666. The van der Waals surface area contributed by atoms with Crippen LogP contribution in [0.5, 0.6) is 0 Å². The van der Waals surface area contributed by atoms with Crippen molar-refractivity contribution in [2.24, 2.45) is 0 Å². The van der Waals surface area contributed by atoms with Crippen LogP contribution in [0.25, 0.3) is 11.2 Å². The molecule has 0 unspecified atom stereocenters. The van der Waals surface area contributed by atoms with Gasteiger partial charge in [-0.15, -0.1) is 0 Å². The maximum absolute atomic E-state index is 11.6. The largest absolute Gasteiger partial charge is 0.444 e. The Bertz CT molecular complexity index is 637. The van der Waals surface area contributed by atoms with Gasteiger partial charge in [-0.3, -0.25) is 10.3 Å². The molecule has 0 bridgehead atoms. The third kappa shape index (κ3) is 2.65. The van der Waals surface area contributed by atoms with Gasteiger partial charge in [0.15, 0.2) is 5.65 Å². The number of aromatic nitrogens is 4. The Balaban J connectivity index is 2.29. The van der Waals surface area contributed by atoms with E-state index in [0.29, 0.717) is 5.52 Å². The fourth-order valence-electron chi connectivity index (χ4n) is 1.35. The Hall–Kier alpha value is -2.38. The second-order valence-electron chi connectivity index (χ2n) is 4.64. The van der Waals surface area contributed by atoms with Crippen molar-refractivity contribution in [3.63, 3.8) is 0 Å². The van der Waals surface area contributed by atoms with E-state index >= 15 is 0 Å². The molecular weight excluding hydrogens is 238 g/mol. The molecular formula is C10H13N5O3. The number of anilines is 1. The van der Waals surface area contributed by atoms with E-state index in [0.717, 1.165) is 0 Å². The molecule has 2 heterocycles. The van der Waals surface area contributed by atoms with E-state index in [-0.39, 0.29) is 11.5 Å². The highest BCUT2D eigenvalue weighted by molar-refractivity contribution is 5.93. The molecule has 8 heteroatoms. The molecule has 0 saturated heterocycles. The number of imidazole rings is 1. The third-order valence-corrected chi connectivity index (χ3v) is 1.93. The Labute approximate surface area is 102 Å². The average Bonchev–Trinajstić information content (AvgIpc) is 2.61. The number of H-pyrrole nitrogens is 2. The van der Waals surface area contributed by atoms with Crippen LogP contribution >= 0.6 is 0 Å². The van der Waals surface area contributed by atoms with Crippen LogP contribution < -0.4 is 11.0 Å². The lowest BCUT2D eigenvalue weighted by Crippen LogP contribution is -2.28. The summed E-state index contributed by atoms with van der Waals surface area (Å²) < 4.78 is 5.08. The van der Waals surface area contributed by atoms with Gasteiger partial charge in [-0.1, -0.05) is 0 Å². The Morgan fingerprint density at radius 3 is 2.83 bits per heavy atom. The van der Waals surface area contributed by atoms with Crippen molar-refractivity contribution in [1.82, 2.24) is 19.9 Å². The molecule has 0 aromatic carbocycles. The topological polar surface area (TPSA) is 113 Å². The summed E-state index contributed by atoms with van der Waals surface area (Å²) in [5.74, 6) is 0.178. The molecule has 8 nitrogen and oxygen atoms in total. The van der Waals surface area contributed by atoms with E-state index in [1.807, 2.05) is 0 Å². The van der Waals surface area contributed by atoms with E-state index in [1.165, 1.54) is 6.33 Å². The summed E-state index contributed by atoms with van der Waals surface area (Å²) in [5.41, 5.74) is -0.559. The summed E-state index contributed by atoms with van der Waals surface area (Å²) in [5, 5.41) is 2.44. The van der Waals surface area contributed by atoms with Crippen molar-refractivity contribution in [3.8, 4) is 0 Å². The first-order chi connectivity index (χ1) is 8.35. The van der Waals surface area contributed by atoms with Crippen molar-refractivity contribution in [2.75, 3.05) is 5.32 Å². The highest BCUT2D eigenvalue weighted by Gasteiger charge is 2.18. The van der Waals surface area contributed by atoms with Crippen molar-refractivity contribution in [3.05, 3.63) is 16.8 Å². The Kier molecular flexibility index (Phi) is 2.77. The van der Waals surface area contributed by atoms with Gasteiger partial charge in [0.05, 0.1) is 6.33 Å². The summed E-state index contributed by atoms with van der Waals surface area (Å²) in [7, 11) is 0. The Morgan fingerprint density at radius 1 is 1.44 bits per heavy atom. The summed E-state index contributed by atoms with van der Waals surface area (Å²) in [4.78, 5) is 35.5. The lowest BCUT2D eigenvalue weighted by atomic mass is 10.2. The fraction of sp³-hybridized carbons (Fsp3) is 0.400. The van der Waals surface area contributed by atoms with Crippen molar-refractivity contribution in [2.45, 2.75) is 26.4 Å². The first-order valence-corrected chi connectivity index (χ1v) is 5.28. The average molecular weight is 251 g/mol. The normalized spacial score (nSPS) is 11.5. The van der Waals surface area contributed by atoms with Gasteiger partial charge in [-0.25, -0.2) is 14.6 Å². The maximum atomic E-state index is 11.6. The van der Waals surface area contributed by atoms with Crippen LogP contribution in [0.4, 0.5) is 10.6 Å². The predicted octanol–water partition coefficient (Wildman–Crippen LogP) is 0.993. The van der Waals surface area contributed by atoms with Gasteiger partial charge >= 0.3 is 11.8 Å². The number of aromatic amines is 2. The van der Waals surface area contributed by atoms with E-state index in [2.05, 4.69) is 25.3 Å². The van der Waals surface area contributed by atoms with Gasteiger partial charge in [0, 0.05) is 0 Å². The van der Waals surface area contributed by atoms with E-state index in [9.17, 15) is 9.59 Å². The number of nitrogens with zero attached hydrogens (tertiary/aromatic N) is 2. The molecule has 1 amide bonds. The van der Waals surface area contributed by atoms with Gasteiger partial charge < -0.3 is 9.72 Å². The van der Waals surface area contributed by atoms with Crippen molar-refractivity contribution in [1.29, 1.82) is 0 Å². The molecule has 2 aromatic rings. The van der Waals surface area contributed by atoms with Crippen LogP contribution in [0.2, 0.25) is 0 Å². The second-order valence-corrected chi connectivity index (χ2v) is 4.64. The number of nitrogens with one attached hydrogen (secondary N) is 3. The molecule has 3 N–H and O–H groups in total. The summed E-state index contributed by atoms with van der Waals surface area (Å²) in [6, 6.07) is 0. The van der Waals surface area contributed by atoms with Gasteiger partial charge in [-0.2, -0.15) is 4.98 Å². The zero-order valence-electron chi connectivity index (χ0n) is 10.2. The van der Waals surface area contributed by atoms with Gasteiger partial charge in [0.2, 0.25) is 0 Å². The van der Waals surface area contributed by atoms with Crippen molar-refractivity contribution < 1.29 is 9.53 Å². The summed E-state index contributed by atoms with van der Waals surface area (Å²) >= 11 is 0. The third-order valence-electron chi connectivity index (χ3n) is 1.93. The highest BCUT2D eigenvalue weighted by Crippen LogP contribution is 2.14. The minimum Gasteiger partial charge on any atom is -0.444 e. The zero-order chi connectivity index (χ0) is 13.3. The first-order valence-electron chi connectivity index (χ1n) is 5.28. The number of amides is 1. The molecule has 0 saturated carbocycles. The number of ether oxygens (including phenoxy) is 1. The number of carbonyl (C=O) groups is 1. The number of carbonyl (C=O) groups excluding carboxylic acids is 1. The van der Waals surface area contributed by atoms with E-state index in [1.54, 1.807) is 20.8 Å². The molecule has 0 aliphatic heterocycles. The van der Waals surface area contributed by atoms with Crippen LogP contribution in [0.3, 0.4) is 0 Å². The fourth-order valence-corrected chi connectivity index (χ4v) is 1.35. The lowest BCUT2D eigenvalue weighted by molar-refractivity contribution is 0.0635. The number of fused-ring (bicyclic) bond motifs is 1. The zero-order valence-corrected chi connectivity index (χ0v) is 10.2. The van der Waals surface area contributed by atoms with Crippen LogP contribution in [0.15, 0.2) is 11.1 Å². The number of hydrogen-bond acceptors (Lipinski definition) is 5. The molecule has 0 fully saturated rings. The summed E-state index contributed by atoms with van der Waals surface area (Å²) in [6.07, 6.45) is 0.714. The van der Waals surface area contributed by atoms with Crippen molar-refractivity contribution >= 4 is 23.1 Å². The van der Waals surface area contributed by atoms with Crippen LogP contribution in [-0.4, -0.2) is 31.6 Å². The molecule has 0 spiro atoms. The van der Waals surface area contributed by atoms with Gasteiger partial charge in [0.1, 0.15) is 16.9 Å². The predicted molar refractivity (Wildman–Crippen MR) is 64.4 cm³/mol. The first kappa shape index (κ1) is 12.1. The highest BCUT2D eigenvalue weighted by atomic mass is 16.6. The van der Waals surface area contributed by atoms with Crippen LogP contribution in [0.1, 0.15) is 20.8 Å². The number of hydrogen-bond donors (Lipinski definition) is 3. The smallest absolute Gasteiger partial charge is 0.413 e. The van der Waals surface area contributed by atoms with Gasteiger partial charge in [0.25, 0.3) is 0 Å². The van der Waals surface area contributed by atoms with Crippen LogP contribution in [0, 0.1) is 0 Å². The molecule has 0 aliphatic carbocycles.